The molecule has 1 fully saturated rings. The molecule has 0 unspecified atom stereocenters. The van der Waals surface area contributed by atoms with Crippen molar-refractivity contribution in [3.63, 3.8) is 0 Å². The van der Waals surface area contributed by atoms with E-state index in [1.165, 1.54) is 39.9 Å². The minimum Gasteiger partial charge on any atom is -0.380 e. The van der Waals surface area contributed by atoms with Crippen LogP contribution in [0, 0.1) is 0 Å². The van der Waals surface area contributed by atoms with E-state index >= 15 is 0 Å². The molecular formula is C25H30ClN3O4S2. The van der Waals surface area contributed by atoms with Gasteiger partial charge in [-0.15, -0.1) is 0 Å². The van der Waals surface area contributed by atoms with Gasteiger partial charge in [0.15, 0.2) is 4.80 Å². The first kappa shape index (κ1) is 26.0. The Bertz CT molecular complexity index is 1360. The minimum absolute atomic E-state index is 0.0250. The maximum absolute atomic E-state index is 13.1. The standard InChI is InChI=1S/C25H30ClN3O4S2/c1-3-33-17-16-29-23-21(26)10-7-11-22(23)34-25(29)27-24(30)18-12-14-20(15-13-18)35(31,32)28(2)19-8-5-4-6-9-19/h7,10-15,19H,3-6,8-9,16-17H2,1-2H3. The number of benzene rings is 2. The van der Waals surface area contributed by atoms with Gasteiger partial charge in [0.1, 0.15) is 0 Å². The van der Waals surface area contributed by atoms with Crippen LogP contribution in [0.15, 0.2) is 52.4 Å². The van der Waals surface area contributed by atoms with Crippen LogP contribution in [0.2, 0.25) is 5.02 Å². The summed E-state index contributed by atoms with van der Waals surface area (Å²) in [6.07, 6.45) is 5.02. The third-order valence-electron chi connectivity index (χ3n) is 6.38. The summed E-state index contributed by atoms with van der Waals surface area (Å²) in [7, 11) is -1.97. The van der Waals surface area contributed by atoms with Gasteiger partial charge in [-0.3, -0.25) is 4.79 Å². The Morgan fingerprint density at radius 1 is 1.17 bits per heavy atom. The molecule has 0 bridgehead atoms. The lowest BCUT2D eigenvalue weighted by Crippen LogP contribution is -2.38. The first-order chi connectivity index (χ1) is 16.8. The van der Waals surface area contributed by atoms with Crippen LogP contribution in [0.3, 0.4) is 0 Å². The van der Waals surface area contributed by atoms with Crippen molar-refractivity contribution in [3.8, 4) is 0 Å². The molecule has 1 amide bonds. The molecule has 10 heteroatoms. The highest BCUT2D eigenvalue weighted by molar-refractivity contribution is 7.89. The number of fused-ring (bicyclic) bond motifs is 1. The molecule has 1 aromatic heterocycles. The van der Waals surface area contributed by atoms with Crippen LogP contribution in [0.1, 0.15) is 49.4 Å². The number of para-hydroxylation sites is 1. The highest BCUT2D eigenvalue weighted by Gasteiger charge is 2.29. The molecule has 7 nitrogen and oxygen atoms in total. The first-order valence-corrected chi connectivity index (χ1v) is 14.5. The Morgan fingerprint density at radius 2 is 1.89 bits per heavy atom. The number of carbonyl (C=O) groups excluding carboxylic acids is 1. The second-order valence-electron chi connectivity index (χ2n) is 8.57. The van der Waals surface area contributed by atoms with Gasteiger partial charge < -0.3 is 9.30 Å². The van der Waals surface area contributed by atoms with E-state index in [0.29, 0.717) is 35.1 Å². The number of sulfonamides is 1. The SMILES string of the molecule is CCOCCn1c(=NC(=O)c2ccc(S(=O)(=O)N(C)C3CCCCC3)cc2)sc2cccc(Cl)c21. The quantitative estimate of drug-likeness (QED) is 0.376. The zero-order valence-corrected chi connectivity index (χ0v) is 22.3. The minimum atomic E-state index is -3.62. The van der Waals surface area contributed by atoms with Gasteiger partial charge in [-0.1, -0.05) is 48.3 Å². The predicted molar refractivity (Wildman–Crippen MR) is 139 cm³/mol. The maximum atomic E-state index is 13.1. The zero-order valence-electron chi connectivity index (χ0n) is 19.9. The number of carbonyl (C=O) groups is 1. The molecule has 0 aliphatic heterocycles. The summed E-state index contributed by atoms with van der Waals surface area (Å²) in [5.41, 5.74) is 1.14. The van der Waals surface area contributed by atoms with E-state index in [9.17, 15) is 13.2 Å². The summed E-state index contributed by atoms with van der Waals surface area (Å²) in [4.78, 5) is 18.1. The average molecular weight is 536 g/mol. The maximum Gasteiger partial charge on any atom is 0.279 e. The normalized spacial score (nSPS) is 15.8. The van der Waals surface area contributed by atoms with Crippen molar-refractivity contribution in [2.75, 3.05) is 20.3 Å². The highest BCUT2D eigenvalue weighted by Crippen LogP contribution is 2.27. The Labute approximate surface area is 215 Å². The summed E-state index contributed by atoms with van der Waals surface area (Å²) in [5.74, 6) is -0.442. The number of hydrogen-bond acceptors (Lipinski definition) is 5. The van der Waals surface area contributed by atoms with Gasteiger partial charge in [0, 0.05) is 31.8 Å². The molecule has 188 valence electrons. The summed E-state index contributed by atoms with van der Waals surface area (Å²) in [6.45, 7) is 3.49. The van der Waals surface area contributed by atoms with E-state index in [4.69, 9.17) is 16.3 Å². The molecule has 1 saturated carbocycles. The van der Waals surface area contributed by atoms with Crippen LogP contribution >= 0.6 is 22.9 Å². The van der Waals surface area contributed by atoms with Crippen LogP contribution in [0.25, 0.3) is 10.2 Å². The van der Waals surface area contributed by atoms with E-state index in [1.807, 2.05) is 29.7 Å². The van der Waals surface area contributed by atoms with Crippen LogP contribution < -0.4 is 4.80 Å². The molecular weight excluding hydrogens is 506 g/mol. The molecule has 4 rings (SSSR count). The monoisotopic (exact) mass is 535 g/mol. The molecule has 35 heavy (non-hydrogen) atoms. The Balaban J connectivity index is 1.61. The number of nitrogens with zero attached hydrogens (tertiary/aromatic N) is 3. The summed E-state index contributed by atoms with van der Waals surface area (Å²) >= 11 is 7.82. The van der Waals surface area contributed by atoms with E-state index in [1.54, 1.807) is 7.05 Å². The fraction of sp³-hybridized carbons (Fsp3) is 0.440. The van der Waals surface area contributed by atoms with E-state index in [-0.39, 0.29) is 10.9 Å². The molecule has 0 N–H and O–H groups in total. The molecule has 1 aliphatic carbocycles. The second-order valence-corrected chi connectivity index (χ2v) is 12.0. The van der Waals surface area contributed by atoms with Crippen LogP contribution in [-0.4, -0.2) is 49.5 Å². The Hall–Kier alpha value is -2.04. The number of rotatable bonds is 8. The van der Waals surface area contributed by atoms with Crippen LogP contribution in [-0.2, 0) is 21.3 Å². The summed E-state index contributed by atoms with van der Waals surface area (Å²) in [6, 6.07) is 11.7. The Morgan fingerprint density at radius 3 is 2.57 bits per heavy atom. The number of amides is 1. The first-order valence-electron chi connectivity index (χ1n) is 11.9. The highest BCUT2D eigenvalue weighted by atomic mass is 35.5. The number of thiazole rings is 1. The lowest BCUT2D eigenvalue weighted by atomic mass is 9.96. The number of halogens is 1. The number of aromatic nitrogens is 1. The van der Waals surface area contributed by atoms with Crippen molar-refractivity contribution >= 4 is 49.1 Å². The zero-order chi connectivity index (χ0) is 25.0. The molecule has 0 radical (unpaired) electrons. The molecule has 2 aromatic carbocycles. The van der Waals surface area contributed by atoms with E-state index in [2.05, 4.69) is 4.99 Å². The number of hydrogen-bond donors (Lipinski definition) is 0. The van der Waals surface area contributed by atoms with E-state index < -0.39 is 15.9 Å². The van der Waals surface area contributed by atoms with Gasteiger partial charge >= 0.3 is 0 Å². The van der Waals surface area contributed by atoms with E-state index in [0.717, 1.165) is 42.3 Å². The second kappa shape index (κ2) is 11.3. The third-order valence-corrected chi connectivity index (χ3v) is 9.65. The van der Waals surface area contributed by atoms with Crippen molar-refractivity contribution in [2.24, 2.45) is 4.99 Å². The molecule has 0 spiro atoms. The van der Waals surface area contributed by atoms with Crippen molar-refractivity contribution in [2.45, 2.75) is 56.5 Å². The van der Waals surface area contributed by atoms with Crippen molar-refractivity contribution in [3.05, 3.63) is 57.9 Å². The fourth-order valence-electron chi connectivity index (χ4n) is 4.41. The predicted octanol–water partition coefficient (Wildman–Crippen LogP) is 5.09. The van der Waals surface area contributed by atoms with Crippen molar-refractivity contribution in [1.29, 1.82) is 0 Å². The van der Waals surface area contributed by atoms with Crippen LogP contribution in [0.5, 0.6) is 0 Å². The molecule has 0 saturated heterocycles. The topological polar surface area (TPSA) is 81.0 Å². The lowest BCUT2D eigenvalue weighted by Gasteiger charge is -2.30. The molecule has 0 atom stereocenters. The van der Waals surface area contributed by atoms with Gasteiger partial charge in [0.2, 0.25) is 10.0 Å². The number of ether oxygens (including phenoxy) is 1. The summed E-state index contributed by atoms with van der Waals surface area (Å²) in [5, 5.41) is 0.584. The van der Waals surface area contributed by atoms with Gasteiger partial charge in [0.05, 0.1) is 26.7 Å². The largest absolute Gasteiger partial charge is 0.380 e. The molecule has 1 aliphatic rings. The summed E-state index contributed by atoms with van der Waals surface area (Å²) < 4.78 is 36.0. The Kier molecular flexibility index (Phi) is 8.44. The lowest BCUT2D eigenvalue weighted by molar-refractivity contribution is 0.0996. The van der Waals surface area contributed by atoms with Gasteiger partial charge in [-0.05, 0) is 56.2 Å². The van der Waals surface area contributed by atoms with Gasteiger partial charge in [-0.25, -0.2) is 8.42 Å². The smallest absolute Gasteiger partial charge is 0.279 e. The van der Waals surface area contributed by atoms with Crippen molar-refractivity contribution < 1.29 is 17.9 Å². The fourth-order valence-corrected chi connectivity index (χ4v) is 7.24. The molecule has 3 aromatic rings. The van der Waals surface area contributed by atoms with Gasteiger partial charge in [-0.2, -0.15) is 9.30 Å². The average Bonchev–Trinajstić information content (AvgIpc) is 3.22. The van der Waals surface area contributed by atoms with Crippen LogP contribution in [0.4, 0.5) is 0 Å². The third kappa shape index (κ3) is 5.70. The van der Waals surface area contributed by atoms with Crippen molar-refractivity contribution in [1.82, 2.24) is 8.87 Å². The molecule has 1 heterocycles. The van der Waals surface area contributed by atoms with Gasteiger partial charge in [0.25, 0.3) is 5.91 Å².